The number of methoxy groups -OCH3 is 2. The van der Waals surface area contributed by atoms with E-state index in [4.69, 9.17) is 14.5 Å². The summed E-state index contributed by atoms with van der Waals surface area (Å²) in [5.74, 6) is 1.27. The lowest BCUT2D eigenvalue weighted by Crippen LogP contribution is -2.30. The molecule has 4 rings (SSSR count). The molecule has 38 heavy (non-hydrogen) atoms. The first-order valence-corrected chi connectivity index (χ1v) is 14.2. The molecule has 10 nitrogen and oxygen atoms in total. The van der Waals surface area contributed by atoms with Crippen LogP contribution < -0.4 is 14.8 Å². The second-order valence-corrected chi connectivity index (χ2v) is 11.0. The molecule has 0 saturated carbocycles. The van der Waals surface area contributed by atoms with E-state index < -0.39 is 15.9 Å². The number of carbonyl (C=O) groups is 1. The summed E-state index contributed by atoms with van der Waals surface area (Å²) in [6, 6.07) is 13.2. The maximum Gasteiger partial charge on any atom is 0.256 e. The van der Waals surface area contributed by atoms with Gasteiger partial charge in [-0.3, -0.25) is 4.79 Å². The highest BCUT2D eigenvalue weighted by Crippen LogP contribution is 2.33. The van der Waals surface area contributed by atoms with Crippen molar-refractivity contribution in [3.8, 4) is 27.9 Å². The number of ether oxygens (including phenoxy) is 2. The van der Waals surface area contributed by atoms with Crippen LogP contribution in [0.25, 0.3) is 16.4 Å². The number of hydrogen-bond acceptors (Lipinski definition) is 8. The zero-order chi connectivity index (χ0) is 27.4. The molecule has 0 saturated heterocycles. The second-order valence-electron chi connectivity index (χ2n) is 8.24. The molecule has 2 heterocycles. The first kappa shape index (κ1) is 27.3. The minimum absolute atomic E-state index is 0.143. The Morgan fingerprint density at radius 2 is 1.71 bits per heavy atom. The van der Waals surface area contributed by atoms with E-state index in [9.17, 15) is 13.2 Å². The molecule has 1 amide bonds. The van der Waals surface area contributed by atoms with Crippen LogP contribution in [0.15, 0.2) is 58.8 Å². The fourth-order valence-electron chi connectivity index (χ4n) is 3.90. The number of aryl methyl sites for hydroxylation is 1. The Labute approximate surface area is 225 Å². The van der Waals surface area contributed by atoms with Crippen molar-refractivity contribution in [1.82, 2.24) is 19.1 Å². The SMILES string of the molecule is CCN(CC)S(=O)(=O)c1ccc(C(=O)Nc2cc(C)nn2-c2nc(-c3ccc(OC)c(OC)c3)cs2)cc1. The lowest BCUT2D eigenvalue weighted by atomic mass is 10.1. The van der Waals surface area contributed by atoms with E-state index in [2.05, 4.69) is 10.4 Å². The minimum atomic E-state index is -3.61. The largest absolute Gasteiger partial charge is 0.493 e. The Hall–Kier alpha value is -3.74. The van der Waals surface area contributed by atoms with Crippen molar-refractivity contribution in [2.24, 2.45) is 0 Å². The van der Waals surface area contributed by atoms with Crippen LogP contribution in [0.4, 0.5) is 5.82 Å². The van der Waals surface area contributed by atoms with E-state index in [0.717, 1.165) is 11.3 Å². The normalized spacial score (nSPS) is 11.5. The molecule has 0 spiro atoms. The molecule has 0 aliphatic carbocycles. The number of nitrogens with one attached hydrogen (secondary N) is 1. The molecule has 0 aliphatic heterocycles. The molecule has 0 bridgehead atoms. The van der Waals surface area contributed by atoms with Gasteiger partial charge in [0.25, 0.3) is 5.91 Å². The smallest absolute Gasteiger partial charge is 0.256 e. The van der Waals surface area contributed by atoms with Crippen molar-refractivity contribution in [3.05, 3.63) is 65.2 Å². The van der Waals surface area contributed by atoms with Crippen LogP contribution in [-0.4, -0.2) is 60.7 Å². The number of hydrogen-bond donors (Lipinski definition) is 1. The first-order valence-electron chi connectivity index (χ1n) is 11.9. The Morgan fingerprint density at radius 1 is 1.03 bits per heavy atom. The molecule has 0 radical (unpaired) electrons. The van der Waals surface area contributed by atoms with Gasteiger partial charge in [0.05, 0.1) is 30.5 Å². The number of aromatic nitrogens is 3. The second kappa shape index (κ2) is 11.3. The van der Waals surface area contributed by atoms with Crippen molar-refractivity contribution >= 4 is 33.1 Å². The highest BCUT2D eigenvalue weighted by Gasteiger charge is 2.22. The molecular weight excluding hydrogens is 526 g/mol. The van der Waals surface area contributed by atoms with Gasteiger partial charge in [-0.25, -0.2) is 13.4 Å². The maximum absolute atomic E-state index is 13.0. The monoisotopic (exact) mass is 555 g/mol. The predicted molar refractivity (Wildman–Crippen MR) is 147 cm³/mol. The molecule has 4 aromatic rings. The van der Waals surface area contributed by atoms with Crippen molar-refractivity contribution in [2.75, 3.05) is 32.6 Å². The van der Waals surface area contributed by atoms with Gasteiger partial charge in [0, 0.05) is 35.7 Å². The Morgan fingerprint density at radius 3 is 2.34 bits per heavy atom. The number of benzene rings is 2. The van der Waals surface area contributed by atoms with Gasteiger partial charge in [0.1, 0.15) is 5.82 Å². The van der Waals surface area contributed by atoms with Crippen molar-refractivity contribution < 1.29 is 22.7 Å². The molecule has 0 fully saturated rings. The number of nitrogens with zero attached hydrogens (tertiary/aromatic N) is 4. The highest BCUT2D eigenvalue weighted by molar-refractivity contribution is 7.89. The molecule has 0 atom stereocenters. The molecule has 12 heteroatoms. The van der Waals surface area contributed by atoms with E-state index in [-0.39, 0.29) is 4.90 Å². The summed E-state index contributed by atoms with van der Waals surface area (Å²) in [6.45, 7) is 6.13. The van der Waals surface area contributed by atoms with Gasteiger partial charge < -0.3 is 14.8 Å². The summed E-state index contributed by atoms with van der Waals surface area (Å²) >= 11 is 1.38. The number of amides is 1. The minimum Gasteiger partial charge on any atom is -0.493 e. The van der Waals surface area contributed by atoms with Crippen molar-refractivity contribution in [2.45, 2.75) is 25.7 Å². The fourth-order valence-corrected chi connectivity index (χ4v) is 6.16. The van der Waals surface area contributed by atoms with Crippen molar-refractivity contribution in [3.63, 3.8) is 0 Å². The number of sulfonamides is 1. The van der Waals surface area contributed by atoms with Gasteiger partial charge in [-0.05, 0) is 49.4 Å². The third-order valence-corrected chi connectivity index (χ3v) is 8.77. The van der Waals surface area contributed by atoms with Crippen molar-refractivity contribution in [1.29, 1.82) is 0 Å². The van der Waals surface area contributed by atoms with Crippen LogP contribution in [-0.2, 0) is 10.0 Å². The number of carbonyl (C=O) groups excluding carboxylic acids is 1. The quantitative estimate of drug-likeness (QED) is 0.304. The van der Waals surface area contributed by atoms with Gasteiger partial charge in [-0.1, -0.05) is 13.8 Å². The third kappa shape index (κ3) is 5.42. The van der Waals surface area contributed by atoms with E-state index in [1.165, 1.54) is 39.9 Å². The lowest BCUT2D eigenvalue weighted by Gasteiger charge is -2.18. The Kier molecular flexibility index (Phi) is 8.14. The van der Waals surface area contributed by atoms with Gasteiger partial charge in [-0.2, -0.15) is 14.1 Å². The molecule has 2 aromatic heterocycles. The Balaban J connectivity index is 1.56. The van der Waals surface area contributed by atoms with E-state index in [1.807, 2.05) is 30.5 Å². The first-order chi connectivity index (χ1) is 18.2. The summed E-state index contributed by atoms with van der Waals surface area (Å²) in [5.41, 5.74) is 2.59. The molecule has 0 unspecified atom stereocenters. The molecular formula is C26H29N5O5S2. The van der Waals surface area contributed by atoms with E-state index in [0.29, 0.717) is 46.8 Å². The Bertz CT molecular complexity index is 1540. The standard InChI is InChI=1S/C26H29N5O5S2/c1-6-30(7-2)38(33,34)20-11-8-18(9-12-20)25(32)28-24-14-17(3)29-31(24)26-27-21(16-37-26)19-10-13-22(35-4)23(15-19)36-5/h8-16H,6-7H2,1-5H3,(H,28,32). The van der Waals surface area contributed by atoms with Crippen LogP contribution in [0.3, 0.4) is 0 Å². The van der Waals surface area contributed by atoms with Gasteiger partial charge in [-0.15, -0.1) is 11.3 Å². The predicted octanol–water partition coefficient (Wildman–Crippen LogP) is 4.60. The third-order valence-electron chi connectivity index (χ3n) is 5.89. The van der Waals surface area contributed by atoms with Gasteiger partial charge in [0.15, 0.2) is 11.5 Å². The van der Waals surface area contributed by atoms with E-state index in [1.54, 1.807) is 38.8 Å². The number of anilines is 1. The zero-order valence-corrected chi connectivity index (χ0v) is 23.4. The van der Waals surface area contributed by atoms with Crippen LogP contribution in [0.5, 0.6) is 11.5 Å². The summed E-state index contributed by atoms with van der Waals surface area (Å²) in [7, 11) is -0.449. The average Bonchev–Trinajstić information content (AvgIpc) is 3.55. The summed E-state index contributed by atoms with van der Waals surface area (Å²) in [4.78, 5) is 17.9. The lowest BCUT2D eigenvalue weighted by molar-refractivity contribution is 0.102. The van der Waals surface area contributed by atoms with Crippen LogP contribution in [0.1, 0.15) is 29.9 Å². The summed E-state index contributed by atoms with van der Waals surface area (Å²) < 4.78 is 39.1. The molecule has 200 valence electrons. The molecule has 1 N–H and O–H groups in total. The fraction of sp³-hybridized carbons (Fsp3) is 0.269. The zero-order valence-electron chi connectivity index (χ0n) is 21.8. The van der Waals surface area contributed by atoms with Crippen LogP contribution >= 0.6 is 11.3 Å². The topological polar surface area (TPSA) is 116 Å². The van der Waals surface area contributed by atoms with Crippen LogP contribution in [0.2, 0.25) is 0 Å². The van der Waals surface area contributed by atoms with E-state index >= 15 is 0 Å². The average molecular weight is 556 g/mol. The molecule has 2 aromatic carbocycles. The number of thiazole rings is 1. The summed E-state index contributed by atoms with van der Waals surface area (Å²) in [6.07, 6.45) is 0. The molecule has 0 aliphatic rings. The summed E-state index contributed by atoms with van der Waals surface area (Å²) in [5, 5.41) is 9.83. The maximum atomic E-state index is 13.0. The number of rotatable bonds is 10. The van der Waals surface area contributed by atoms with Gasteiger partial charge in [0.2, 0.25) is 15.2 Å². The highest BCUT2D eigenvalue weighted by atomic mass is 32.2. The van der Waals surface area contributed by atoms with Crippen LogP contribution in [0, 0.1) is 6.92 Å². The van der Waals surface area contributed by atoms with Gasteiger partial charge >= 0.3 is 0 Å².